The first-order chi connectivity index (χ1) is 11.1. The van der Waals surface area contributed by atoms with Crippen molar-refractivity contribution in [2.24, 2.45) is 0 Å². The maximum absolute atomic E-state index is 12.5. The predicted octanol–water partition coefficient (Wildman–Crippen LogP) is 3.73. The lowest BCUT2D eigenvalue weighted by Crippen LogP contribution is -2.18. The van der Waals surface area contributed by atoms with E-state index in [9.17, 15) is 4.79 Å². The molecule has 0 amide bonds. The Kier molecular flexibility index (Phi) is 3.20. The van der Waals surface area contributed by atoms with Gasteiger partial charge in [-0.3, -0.25) is 14.2 Å². The van der Waals surface area contributed by atoms with E-state index in [4.69, 9.17) is 11.6 Å². The number of fused-ring (bicyclic) bond motifs is 3. The van der Waals surface area contributed by atoms with E-state index in [1.54, 1.807) is 0 Å². The SMILES string of the molecule is Cc1c(Cc2ccccc2Cl)c(=O)[nH]c2nc3ccccc3n12. The quantitative estimate of drug-likeness (QED) is 0.611. The number of aromatic nitrogens is 3. The summed E-state index contributed by atoms with van der Waals surface area (Å²) in [6.07, 6.45) is 0.489. The molecule has 1 N–H and O–H groups in total. The van der Waals surface area contributed by atoms with Crippen LogP contribution in [0.15, 0.2) is 53.3 Å². The van der Waals surface area contributed by atoms with E-state index in [2.05, 4.69) is 9.97 Å². The first-order valence-corrected chi connectivity index (χ1v) is 7.75. The number of hydrogen-bond acceptors (Lipinski definition) is 2. The Labute approximate surface area is 137 Å². The van der Waals surface area contributed by atoms with E-state index in [-0.39, 0.29) is 5.56 Å². The van der Waals surface area contributed by atoms with E-state index in [1.807, 2.05) is 59.9 Å². The fourth-order valence-electron chi connectivity index (χ4n) is 2.97. The summed E-state index contributed by atoms with van der Waals surface area (Å²) in [4.78, 5) is 19.9. The normalized spacial score (nSPS) is 11.4. The topological polar surface area (TPSA) is 50.2 Å². The van der Waals surface area contributed by atoms with Crippen LogP contribution in [0.5, 0.6) is 0 Å². The molecule has 2 aromatic carbocycles. The zero-order valence-electron chi connectivity index (χ0n) is 12.5. The van der Waals surface area contributed by atoms with Crippen molar-refractivity contribution in [1.29, 1.82) is 0 Å². The maximum Gasteiger partial charge on any atom is 0.256 e. The molecule has 0 aliphatic rings. The van der Waals surface area contributed by atoms with Gasteiger partial charge in [-0.2, -0.15) is 0 Å². The third-order valence-electron chi connectivity index (χ3n) is 4.16. The monoisotopic (exact) mass is 323 g/mol. The number of hydrogen-bond donors (Lipinski definition) is 1. The summed E-state index contributed by atoms with van der Waals surface area (Å²) in [5.41, 5.74) is 4.25. The van der Waals surface area contributed by atoms with Crippen molar-refractivity contribution >= 4 is 28.4 Å². The van der Waals surface area contributed by atoms with Crippen LogP contribution in [0.3, 0.4) is 0 Å². The Bertz CT molecular complexity index is 1090. The highest BCUT2D eigenvalue weighted by atomic mass is 35.5. The molecule has 0 bridgehead atoms. The number of para-hydroxylation sites is 2. The largest absolute Gasteiger partial charge is 0.292 e. The molecular weight excluding hydrogens is 310 g/mol. The average molecular weight is 324 g/mol. The summed E-state index contributed by atoms with van der Waals surface area (Å²) in [7, 11) is 0. The molecule has 0 saturated heterocycles. The average Bonchev–Trinajstić information content (AvgIpc) is 2.91. The van der Waals surface area contributed by atoms with Gasteiger partial charge in [-0.05, 0) is 30.7 Å². The van der Waals surface area contributed by atoms with E-state index in [0.717, 1.165) is 22.3 Å². The van der Waals surface area contributed by atoms with Gasteiger partial charge in [-0.25, -0.2) is 4.98 Å². The van der Waals surface area contributed by atoms with Gasteiger partial charge in [-0.15, -0.1) is 0 Å². The Morgan fingerprint density at radius 1 is 1.13 bits per heavy atom. The summed E-state index contributed by atoms with van der Waals surface area (Å²) in [6, 6.07) is 15.4. The van der Waals surface area contributed by atoms with Gasteiger partial charge in [-0.1, -0.05) is 41.9 Å². The second kappa shape index (κ2) is 5.25. The van der Waals surface area contributed by atoms with Crippen LogP contribution in [0.4, 0.5) is 0 Å². The van der Waals surface area contributed by atoms with Crippen molar-refractivity contribution < 1.29 is 0 Å². The second-order valence-electron chi connectivity index (χ2n) is 5.55. The number of rotatable bonds is 2. The number of nitrogens with one attached hydrogen (secondary N) is 1. The van der Waals surface area contributed by atoms with Gasteiger partial charge < -0.3 is 0 Å². The third kappa shape index (κ3) is 2.23. The molecule has 0 saturated carbocycles. The molecule has 0 fully saturated rings. The molecule has 4 aromatic rings. The van der Waals surface area contributed by atoms with E-state index < -0.39 is 0 Å². The molecular formula is C18H14ClN3O. The predicted molar refractivity (Wildman–Crippen MR) is 92.3 cm³/mol. The molecule has 23 heavy (non-hydrogen) atoms. The van der Waals surface area contributed by atoms with Crippen molar-refractivity contribution in [3.05, 3.63) is 80.7 Å². The number of H-pyrrole nitrogens is 1. The Morgan fingerprint density at radius 2 is 1.87 bits per heavy atom. The Morgan fingerprint density at radius 3 is 2.70 bits per heavy atom. The Balaban J connectivity index is 1.98. The highest BCUT2D eigenvalue weighted by Crippen LogP contribution is 2.21. The van der Waals surface area contributed by atoms with Crippen LogP contribution in [0.2, 0.25) is 5.02 Å². The van der Waals surface area contributed by atoms with Gasteiger partial charge >= 0.3 is 0 Å². The minimum Gasteiger partial charge on any atom is -0.292 e. The number of aryl methyl sites for hydroxylation is 1. The second-order valence-corrected chi connectivity index (χ2v) is 5.95. The number of imidazole rings is 1. The summed E-state index contributed by atoms with van der Waals surface area (Å²) < 4.78 is 1.99. The van der Waals surface area contributed by atoms with Crippen LogP contribution in [-0.4, -0.2) is 14.4 Å². The molecule has 2 aromatic heterocycles. The van der Waals surface area contributed by atoms with Gasteiger partial charge in [0, 0.05) is 22.7 Å². The highest BCUT2D eigenvalue weighted by molar-refractivity contribution is 6.31. The smallest absolute Gasteiger partial charge is 0.256 e. The summed E-state index contributed by atoms with van der Waals surface area (Å²) >= 11 is 6.24. The zero-order valence-corrected chi connectivity index (χ0v) is 13.3. The Hall–Kier alpha value is -2.59. The molecule has 2 heterocycles. The standard InChI is InChI=1S/C18H14ClN3O/c1-11-13(10-12-6-2-3-7-14(12)19)17(23)21-18-20-15-8-4-5-9-16(15)22(11)18/h2-9H,10H2,1H3,(H,20,21,23). The lowest BCUT2D eigenvalue weighted by atomic mass is 10.0. The van der Waals surface area contributed by atoms with Gasteiger partial charge in [0.1, 0.15) is 0 Å². The van der Waals surface area contributed by atoms with Crippen LogP contribution in [0.25, 0.3) is 16.8 Å². The molecule has 0 spiro atoms. The lowest BCUT2D eigenvalue weighted by Gasteiger charge is -2.09. The van der Waals surface area contributed by atoms with E-state index in [0.29, 0.717) is 22.8 Å². The van der Waals surface area contributed by atoms with Crippen molar-refractivity contribution in [3.63, 3.8) is 0 Å². The molecule has 5 heteroatoms. The van der Waals surface area contributed by atoms with Gasteiger partial charge in [0.15, 0.2) is 0 Å². The minimum absolute atomic E-state index is 0.120. The van der Waals surface area contributed by atoms with Crippen LogP contribution in [-0.2, 0) is 6.42 Å². The lowest BCUT2D eigenvalue weighted by molar-refractivity contribution is 0.966. The summed E-state index contributed by atoms with van der Waals surface area (Å²) in [6.45, 7) is 1.95. The maximum atomic E-state index is 12.5. The molecule has 4 nitrogen and oxygen atoms in total. The number of benzene rings is 2. The minimum atomic E-state index is -0.120. The summed E-state index contributed by atoms with van der Waals surface area (Å²) in [5, 5.41) is 0.668. The van der Waals surface area contributed by atoms with Gasteiger partial charge in [0.05, 0.1) is 11.0 Å². The van der Waals surface area contributed by atoms with Crippen LogP contribution < -0.4 is 5.56 Å². The molecule has 114 valence electrons. The van der Waals surface area contributed by atoms with Gasteiger partial charge in [0.25, 0.3) is 5.56 Å². The van der Waals surface area contributed by atoms with Crippen molar-refractivity contribution in [3.8, 4) is 0 Å². The van der Waals surface area contributed by atoms with E-state index >= 15 is 0 Å². The fourth-order valence-corrected chi connectivity index (χ4v) is 3.17. The number of halogens is 1. The zero-order chi connectivity index (χ0) is 16.0. The van der Waals surface area contributed by atoms with Crippen molar-refractivity contribution in [2.75, 3.05) is 0 Å². The van der Waals surface area contributed by atoms with Crippen LogP contribution in [0, 0.1) is 6.92 Å². The van der Waals surface area contributed by atoms with E-state index in [1.165, 1.54) is 0 Å². The van der Waals surface area contributed by atoms with Gasteiger partial charge in [0.2, 0.25) is 5.78 Å². The third-order valence-corrected chi connectivity index (χ3v) is 4.53. The molecule has 4 rings (SSSR count). The molecule has 0 aliphatic heterocycles. The highest BCUT2D eigenvalue weighted by Gasteiger charge is 2.14. The molecule has 0 aliphatic carbocycles. The molecule has 0 radical (unpaired) electrons. The van der Waals surface area contributed by atoms with Crippen LogP contribution in [0.1, 0.15) is 16.8 Å². The first-order valence-electron chi connectivity index (χ1n) is 7.37. The van der Waals surface area contributed by atoms with Crippen LogP contribution >= 0.6 is 11.6 Å². The van der Waals surface area contributed by atoms with Crippen molar-refractivity contribution in [1.82, 2.24) is 14.4 Å². The summed E-state index contributed by atoms with van der Waals surface area (Å²) in [5.74, 6) is 0.566. The number of aromatic amines is 1. The first kappa shape index (κ1) is 14.0. The molecule has 0 atom stereocenters. The number of nitrogens with zero attached hydrogens (tertiary/aromatic N) is 2. The van der Waals surface area contributed by atoms with Crippen molar-refractivity contribution in [2.45, 2.75) is 13.3 Å². The fraction of sp³-hybridized carbons (Fsp3) is 0.111. The molecule has 0 unspecified atom stereocenters.